The van der Waals surface area contributed by atoms with Gasteiger partial charge in [-0.1, -0.05) is 24.8 Å². The number of hydrogen-bond donors (Lipinski definition) is 0. The second-order valence-corrected chi connectivity index (χ2v) is 5.56. The Morgan fingerprint density at radius 3 is 2.36 bits per heavy atom. The minimum absolute atomic E-state index is 0.0703. The molecule has 0 heterocycles. The van der Waals surface area contributed by atoms with Gasteiger partial charge < -0.3 is 4.52 Å². The van der Waals surface area contributed by atoms with Gasteiger partial charge in [0.1, 0.15) is 0 Å². The molecular formula is C11H15O2P. The third kappa shape index (κ3) is 2.57. The van der Waals surface area contributed by atoms with E-state index in [1.165, 1.54) is 5.82 Å². The highest BCUT2D eigenvalue weighted by Gasteiger charge is 2.22. The molecule has 2 nitrogen and oxygen atoms in total. The summed E-state index contributed by atoms with van der Waals surface area (Å²) in [6, 6.07) is 9.16. The Balaban J connectivity index is 3.03. The van der Waals surface area contributed by atoms with Crippen molar-refractivity contribution in [3.63, 3.8) is 0 Å². The van der Waals surface area contributed by atoms with Gasteiger partial charge in [0.25, 0.3) is 7.37 Å². The molecule has 1 atom stereocenters. The molecular weight excluding hydrogens is 195 g/mol. The quantitative estimate of drug-likeness (QED) is 0.713. The Kier molecular flexibility index (Phi) is 3.68. The largest absolute Gasteiger partial charge is 0.320 e. The summed E-state index contributed by atoms with van der Waals surface area (Å²) < 4.78 is 17.7. The summed E-state index contributed by atoms with van der Waals surface area (Å²) in [5, 5.41) is 0.698. The van der Waals surface area contributed by atoms with Crippen molar-refractivity contribution in [3.8, 4) is 0 Å². The molecule has 0 aliphatic carbocycles. The van der Waals surface area contributed by atoms with Crippen LogP contribution < -0.4 is 5.30 Å². The Morgan fingerprint density at radius 2 is 1.93 bits per heavy atom. The van der Waals surface area contributed by atoms with Crippen LogP contribution in [0.25, 0.3) is 0 Å². The predicted octanol–water partition coefficient (Wildman–Crippen LogP) is 3.16. The first-order valence-electron chi connectivity index (χ1n) is 4.56. The van der Waals surface area contributed by atoms with E-state index in [1.807, 2.05) is 32.0 Å². The van der Waals surface area contributed by atoms with Crippen LogP contribution in [0, 0.1) is 0 Å². The molecule has 3 heteroatoms. The number of benzene rings is 1. The molecule has 76 valence electrons. The highest BCUT2D eigenvalue weighted by atomic mass is 31.2. The monoisotopic (exact) mass is 210 g/mol. The summed E-state index contributed by atoms with van der Waals surface area (Å²) in [4.78, 5) is 0. The van der Waals surface area contributed by atoms with Crippen LogP contribution in [0.1, 0.15) is 13.8 Å². The van der Waals surface area contributed by atoms with Gasteiger partial charge in [0.15, 0.2) is 0 Å². The van der Waals surface area contributed by atoms with Crippen LogP contribution in [0.15, 0.2) is 42.7 Å². The highest BCUT2D eigenvalue weighted by molar-refractivity contribution is 7.70. The zero-order valence-electron chi connectivity index (χ0n) is 8.51. The van der Waals surface area contributed by atoms with Gasteiger partial charge in [0.2, 0.25) is 0 Å². The van der Waals surface area contributed by atoms with Crippen molar-refractivity contribution in [1.82, 2.24) is 0 Å². The zero-order valence-corrected chi connectivity index (χ0v) is 9.41. The predicted molar refractivity (Wildman–Crippen MR) is 60.1 cm³/mol. The van der Waals surface area contributed by atoms with Crippen LogP contribution in [0.3, 0.4) is 0 Å². The van der Waals surface area contributed by atoms with E-state index in [0.717, 1.165) is 0 Å². The number of hydrogen-bond acceptors (Lipinski definition) is 2. The van der Waals surface area contributed by atoms with Gasteiger partial charge in [-0.15, -0.1) is 0 Å². The van der Waals surface area contributed by atoms with Crippen molar-refractivity contribution >= 4 is 12.7 Å². The standard InChI is InChI=1S/C11H15O2P/c1-4-14(12,13-10(2)3)11-8-6-5-7-9-11/h4-10H,1H2,2-3H3. The van der Waals surface area contributed by atoms with Gasteiger partial charge in [0.05, 0.1) is 6.10 Å². The lowest BCUT2D eigenvalue weighted by molar-refractivity contribution is 0.253. The molecule has 1 rings (SSSR count). The Bertz CT molecular complexity index is 344. The summed E-state index contributed by atoms with van der Waals surface area (Å²) in [7, 11) is -2.84. The van der Waals surface area contributed by atoms with E-state index in [4.69, 9.17) is 4.52 Å². The normalized spacial score (nSPS) is 15.1. The summed E-state index contributed by atoms with van der Waals surface area (Å²) >= 11 is 0. The summed E-state index contributed by atoms with van der Waals surface area (Å²) in [6.45, 7) is 7.29. The average Bonchev–Trinajstić information content (AvgIpc) is 2.18. The summed E-state index contributed by atoms with van der Waals surface area (Å²) in [6.07, 6.45) is -0.0703. The third-order valence-electron chi connectivity index (χ3n) is 1.72. The molecule has 0 saturated carbocycles. The maximum Gasteiger partial charge on any atom is 0.253 e. The highest BCUT2D eigenvalue weighted by Crippen LogP contribution is 2.47. The Morgan fingerprint density at radius 1 is 1.36 bits per heavy atom. The lowest BCUT2D eigenvalue weighted by Gasteiger charge is -2.17. The molecule has 0 aliphatic heterocycles. The van der Waals surface area contributed by atoms with Crippen LogP contribution >= 0.6 is 7.37 Å². The third-order valence-corrected chi connectivity index (χ3v) is 3.96. The molecule has 1 unspecified atom stereocenters. The van der Waals surface area contributed by atoms with Gasteiger partial charge in [-0.05, 0) is 31.8 Å². The van der Waals surface area contributed by atoms with Gasteiger partial charge in [-0.2, -0.15) is 0 Å². The first-order valence-corrected chi connectivity index (χ1v) is 6.25. The molecule has 0 aromatic heterocycles. The van der Waals surface area contributed by atoms with Crippen molar-refractivity contribution in [2.75, 3.05) is 0 Å². The molecule has 14 heavy (non-hydrogen) atoms. The summed E-state index contributed by atoms with van der Waals surface area (Å²) in [5.41, 5.74) is 0. The molecule has 0 fully saturated rings. The molecule has 0 N–H and O–H groups in total. The van der Waals surface area contributed by atoms with E-state index in [1.54, 1.807) is 12.1 Å². The van der Waals surface area contributed by atoms with Gasteiger partial charge in [-0.25, -0.2) is 0 Å². The fourth-order valence-corrected chi connectivity index (χ4v) is 2.79. The van der Waals surface area contributed by atoms with Crippen LogP contribution in [0.5, 0.6) is 0 Å². The first-order chi connectivity index (χ1) is 6.58. The lowest BCUT2D eigenvalue weighted by Crippen LogP contribution is -2.09. The van der Waals surface area contributed by atoms with Crippen LogP contribution in [0.4, 0.5) is 0 Å². The fourth-order valence-electron chi connectivity index (χ4n) is 1.16. The second-order valence-electron chi connectivity index (χ2n) is 3.27. The van der Waals surface area contributed by atoms with Gasteiger partial charge in [0, 0.05) is 5.30 Å². The van der Waals surface area contributed by atoms with Crippen LogP contribution in [0.2, 0.25) is 0 Å². The maximum absolute atomic E-state index is 12.3. The minimum atomic E-state index is -2.84. The van der Waals surface area contributed by atoms with Crippen molar-refractivity contribution < 1.29 is 9.09 Å². The number of rotatable bonds is 4. The molecule has 0 spiro atoms. The SMILES string of the molecule is C=CP(=O)(OC(C)C)c1ccccc1. The van der Waals surface area contributed by atoms with E-state index in [2.05, 4.69) is 6.58 Å². The Labute approximate surface area is 85.1 Å². The average molecular weight is 210 g/mol. The summed E-state index contributed by atoms with van der Waals surface area (Å²) in [5.74, 6) is 1.41. The fraction of sp³-hybridized carbons (Fsp3) is 0.273. The maximum atomic E-state index is 12.3. The van der Waals surface area contributed by atoms with Crippen molar-refractivity contribution in [2.24, 2.45) is 0 Å². The van der Waals surface area contributed by atoms with Crippen molar-refractivity contribution in [3.05, 3.63) is 42.7 Å². The molecule has 0 aliphatic rings. The molecule has 0 radical (unpaired) electrons. The van der Waals surface area contributed by atoms with Crippen molar-refractivity contribution in [2.45, 2.75) is 20.0 Å². The molecule has 1 aromatic rings. The van der Waals surface area contributed by atoms with Gasteiger partial charge in [-0.3, -0.25) is 4.57 Å². The van der Waals surface area contributed by atoms with E-state index < -0.39 is 7.37 Å². The van der Waals surface area contributed by atoms with Crippen molar-refractivity contribution in [1.29, 1.82) is 0 Å². The van der Waals surface area contributed by atoms with E-state index in [-0.39, 0.29) is 6.10 Å². The Hall–Kier alpha value is -0.850. The van der Waals surface area contributed by atoms with Gasteiger partial charge >= 0.3 is 0 Å². The van der Waals surface area contributed by atoms with E-state index in [0.29, 0.717) is 5.30 Å². The van der Waals surface area contributed by atoms with Crippen LogP contribution in [-0.4, -0.2) is 6.10 Å². The molecule has 0 amide bonds. The minimum Gasteiger partial charge on any atom is -0.320 e. The van der Waals surface area contributed by atoms with E-state index in [9.17, 15) is 4.57 Å². The zero-order chi connectivity index (χ0) is 10.6. The topological polar surface area (TPSA) is 26.3 Å². The van der Waals surface area contributed by atoms with E-state index >= 15 is 0 Å². The lowest BCUT2D eigenvalue weighted by atomic mass is 10.4. The molecule has 0 bridgehead atoms. The smallest absolute Gasteiger partial charge is 0.253 e. The van der Waals surface area contributed by atoms with Crippen LogP contribution in [-0.2, 0) is 9.09 Å². The first kappa shape index (κ1) is 11.2. The second kappa shape index (κ2) is 4.59. The molecule has 0 saturated heterocycles. The molecule has 1 aromatic carbocycles.